The third kappa shape index (κ3) is 4.28. The van der Waals surface area contributed by atoms with Crippen LogP contribution in [0.4, 0.5) is 5.82 Å². The van der Waals surface area contributed by atoms with E-state index in [4.69, 9.17) is 10.8 Å². The summed E-state index contributed by atoms with van der Waals surface area (Å²) in [4.78, 5) is 25.2. The predicted octanol–water partition coefficient (Wildman–Crippen LogP) is 1.65. The van der Waals surface area contributed by atoms with Crippen LogP contribution in [0.1, 0.15) is 22.8 Å². The van der Waals surface area contributed by atoms with Gasteiger partial charge >= 0.3 is 5.97 Å². The van der Waals surface area contributed by atoms with Crippen molar-refractivity contribution in [1.82, 2.24) is 4.98 Å². The number of hydrogen-bond acceptors (Lipinski definition) is 5. The predicted molar refractivity (Wildman–Crippen MR) is 67.8 cm³/mol. The zero-order valence-electron chi connectivity index (χ0n) is 9.21. The highest BCUT2D eigenvalue weighted by Crippen LogP contribution is 2.13. The topological polar surface area (TPSA) is 93.3 Å². The number of rotatable bonds is 4. The molecule has 0 unspecified atom stereocenters. The van der Waals surface area contributed by atoms with E-state index in [9.17, 15) is 9.59 Å². The second-order valence-electron chi connectivity index (χ2n) is 3.21. The van der Waals surface area contributed by atoms with Crippen LogP contribution < -0.4 is 5.73 Å². The van der Waals surface area contributed by atoms with Crippen molar-refractivity contribution < 1.29 is 14.7 Å². The lowest BCUT2D eigenvalue weighted by atomic mass is 10.2. The van der Waals surface area contributed by atoms with Crippen molar-refractivity contribution in [2.24, 2.45) is 0 Å². The summed E-state index contributed by atoms with van der Waals surface area (Å²) in [7, 11) is 0. The maximum absolute atomic E-state index is 10.7. The lowest BCUT2D eigenvalue weighted by Gasteiger charge is -2.00. The number of nitrogen functional groups attached to an aromatic ring is 1. The number of pyridine rings is 1. The molecular formula is C11H12N2O3S. The van der Waals surface area contributed by atoms with E-state index in [0.717, 1.165) is 11.8 Å². The summed E-state index contributed by atoms with van der Waals surface area (Å²) < 4.78 is 0. The first-order chi connectivity index (χ1) is 8.00. The molecule has 0 aliphatic carbocycles. The summed E-state index contributed by atoms with van der Waals surface area (Å²) in [5, 5.41) is 8.82. The van der Waals surface area contributed by atoms with Crippen LogP contribution in [0.25, 0.3) is 6.08 Å². The van der Waals surface area contributed by atoms with Crippen LogP contribution in [0.3, 0.4) is 0 Å². The Morgan fingerprint density at radius 3 is 2.88 bits per heavy atom. The number of aromatic nitrogens is 1. The molecule has 0 atom stereocenters. The van der Waals surface area contributed by atoms with Gasteiger partial charge in [0.1, 0.15) is 5.82 Å². The number of anilines is 1. The quantitative estimate of drug-likeness (QED) is 0.846. The highest BCUT2D eigenvalue weighted by Gasteiger charge is 2.05. The summed E-state index contributed by atoms with van der Waals surface area (Å²) in [6, 6.07) is 1.44. The van der Waals surface area contributed by atoms with Crippen LogP contribution in [0.15, 0.2) is 18.3 Å². The Morgan fingerprint density at radius 1 is 1.59 bits per heavy atom. The average molecular weight is 252 g/mol. The van der Waals surface area contributed by atoms with Gasteiger partial charge in [0.15, 0.2) is 5.12 Å². The Morgan fingerprint density at radius 2 is 2.29 bits per heavy atom. The van der Waals surface area contributed by atoms with E-state index in [0.29, 0.717) is 11.3 Å². The lowest BCUT2D eigenvalue weighted by molar-refractivity contribution is -0.109. The Kier molecular flexibility index (Phi) is 4.71. The largest absolute Gasteiger partial charge is 0.478 e. The van der Waals surface area contributed by atoms with E-state index in [1.165, 1.54) is 19.2 Å². The van der Waals surface area contributed by atoms with E-state index in [-0.39, 0.29) is 16.5 Å². The number of thioether (sulfide) groups is 1. The van der Waals surface area contributed by atoms with Gasteiger partial charge < -0.3 is 10.8 Å². The maximum Gasteiger partial charge on any atom is 0.337 e. The summed E-state index contributed by atoms with van der Waals surface area (Å²) >= 11 is 1.16. The minimum Gasteiger partial charge on any atom is -0.478 e. The monoisotopic (exact) mass is 252 g/mol. The van der Waals surface area contributed by atoms with E-state index in [1.54, 1.807) is 12.2 Å². The number of nitrogens with two attached hydrogens (primary N) is 1. The maximum atomic E-state index is 10.7. The van der Waals surface area contributed by atoms with E-state index in [1.807, 2.05) is 0 Å². The highest BCUT2D eigenvalue weighted by atomic mass is 32.2. The van der Waals surface area contributed by atoms with Gasteiger partial charge in [-0.3, -0.25) is 4.79 Å². The van der Waals surface area contributed by atoms with Gasteiger partial charge in [-0.05, 0) is 6.07 Å². The highest BCUT2D eigenvalue weighted by molar-refractivity contribution is 8.13. The van der Waals surface area contributed by atoms with Gasteiger partial charge in [0.2, 0.25) is 0 Å². The molecule has 5 nitrogen and oxygen atoms in total. The number of carbonyl (C=O) groups excluding carboxylic acids is 1. The van der Waals surface area contributed by atoms with Crippen molar-refractivity contribution in [3.63, 3.8) is 0 Å². The molecule has 6 heteroatoms. The van der Waals surface area contributed by atoms with Crippen molar-refractivity contribution in [3.05, 3.63) is 29.5 Å². The smallest absolute Gasteiger partial charge is 0.337 e. The molecule has 0 amide bonds. The van der Waals surface area contributed by atoms with Gasteiger partial charge in [-0.2, -0.15) is 0 Å². The zero-order chi connectivity index (χ0) is 12.8. The molecule has 0 spiro atoms. The molecule has 1 aromatic rings. The molecule has 1 heterocycles. The van der Waals surface area contributed by atoms with Crippen molar-refractivity contribution in [2.75, 3.05) is 11.5 Å². The second-order valence-corrected chi connectivity index (χ2v) is 4.41. The first kappa shape index (κ1) is 13.2. The Labute approximate surface area is 103 Å². The van der Waals surface area contributed by atoms with Crippen molar-refractivity contribution >= 4 is 34.7 Å². The Hall–Kier alpha value is -1.82. The fraction of sp³-hybridized carbons (Fsp3) is 0.182. The summed E-state index contributed by atoms with van der Waals surface area (Å²) in [6.07, 6.45) is 4.61. The van der Waals surface area contributed by atoms with Gasteiger partial charge in [0, 0.05) is 24.4 Å². The molecule has 0 bridgehead atoms. The first-order valence-electron chi connectivity index (χ1n) is 4.79. The van der Waals surface area contributed by atoms with Gasteiger partial charge in [-0.15, -0.1) is 0 Å². The fourth-order valence-electron chi connectivity index (χ4n) is 1.08. The Balaban J connectivity index is 2.79. The SMILES string of the molecule is CC(=O)SCC=Cc1cc(C(=O)O)cnc1N. The molecule has 0 radical (unpaired) electrons. The summed E-state index contributed by atoms with van der Waals surface area (Å²) in [6.45, 7) is 1.49. The minimum atomic E-state index is -1.05. The average Bonchev–Trinajstić information content (AvgIpc) is 2.25. The molecule has 1 aromatic heterocycles. The summed E-state index contributed by atoms with van der Waals surface area (Å²) in [5.41, 5.74) is 6.22. The standard InChI is InChI=1S/C11H12N2O3S/c1-7(14)17-4-2-3-8-5-9(11(15)16)6-13-10(8)12/h2-3,5-6H,4H2,1H3,(H2,12,13)(H,15,16). The van der Waals surface area contributed by atoms with Crippen LogP contribution in [-0.2, 0) is 4.79 Å². The van der Waals surface area contributed by atoms with Crippen molar-refractivity contribution in [1.29, 1.82) is 0 Å². The number of aromatic carboxylic acids is 1. The molecule has 0 aliphatic rings. The van der Waals surface area contributed by atoms with Gasteiger partial charge in [0.25, 0.3) is 0 Å². The molecule has 0 fully saturated rings. The van der Waals surface area contributed by atoms with E-state index < -0.39 is 5.97 Å². The van der Waals surface area contributed by atoms with Gasteiger partial charge in [-0.1, -0.05) is 23.9 Å². The number of carbonyl (C=O) groups is 2. The van der Waals surface area contributed by atoms with Crippen LogP contribution in [0.5, 0.6) is 0 Å². The summed E-state index contributed by atoms with van der Waals surface area (Å²) in [5.74, 6) is -0.268. The second kappa shape index (κ2) is 6.05. The third-order valence-electron chi connectivity index (χ3n) is 1.88. The van der Waals surface area contributed by atoms with Crippen LogP contribution in [0.2, 0.25) is 0 Å². The Bertz CT molecular complexity index is 472. The van der Waals surface area contributed by atoms with Crippen molar-refractivity contribution in [3.8, 4) is 0 Å². The van der Waals surface area contributed by atoms with E-state index in [2.05, 4.69) is 4.98 Å². The van der Waals surface area contributed by atoms with Crippen molar-refractivity contribution in [2.45, 2.75) is 6.92 Å². The van der Waals surface area contributed by atoms with Crippen LogP contribution in [0, 0.1) is 0 Å². The molecule has 0 aromatic carbocycles. The molecule has 1 rings (SSSR count). The molecule has 90 valence electrons. The molecule has 0 aliphatic heterocycles. The molecule has 0 saturated heterocycles. The lowest BCUT2D eigenvalue weighted by Crippen LogP contribution is -2.01. The van der Waals surface area contributed by atoms with Crippen LogP contribution in [-0.4, -0.2) is 26.9 Å². The van der Waals surface area contributed by atoms with Gasteiger partial charge in [0.05, 0.1) is 5.56 Å². The molecule has 17 heavy (non-hydrogen) atoms. The first-order valence-corrected chi connectivity index (χ1v) is 5.78. The number of carboxylic acid groups (broad SMARTS) is 1. The molecular weight excluding hydrogens is 240 g/mol. The normalized spacial score (nSPS) is 10.6. The molecule has 3 N–H and O–H groups in total. The van der Waals surface area contributed by atoms with Gasteiger partial charge in [-0.25, -0.2) is 9.78 Å². The van der Waals surface area contributed by atoms with Crippen LogP contribution >= 0.6 is 11.8 Å². The number of carboxylic acids is 1. The zero-order valence-corrected chi connectivity index (χ0v) is 10.0. The van der Waals surface area contributed by atoms with E-state index >= 15 is 0 Å². The minimum absolute atomic E-state index is 0.0278. The third-order valence-corrected chi connectivity index (χ3v) is 2.64. The molecule has 0 saturated carbocycles. The number of nitrogens with zero attached hydrogens (tertiary/aromatic N) is 1. The fourth-order valence-corrected chi connectivity index (χ4v) is 1.51. The number of hydrogen-bond donors (Lipinski definition) is 2.